The molecule has 1 amide bonds. The molecule has 3 aromatic rings. The Balaban J connectivity index is 1.48. The number of nitrogens with zero attached hydrogens (tertiary/aromatic N) is 5. The van der Waals surface area contributed by atoms with Crippen LogP contribution in [0.5, 0.6) is 0 Å². The number of pyridine rings is 1. The van der Waals surface area contributed by atoms with Crippen molar-refractivity contribution < 1.29 is 9.18 Å². The van der Waals surface area contributed by atoms with E-state index in [2.05, 4.69) is 15.1 Å². The molecule has 3 heterocycles. The number of aromatic nitrogens is 4. The molecule has 1 aliphatic heterocycles. The standard InChI is InChI=1S/C19H18FN5O/c20-17-3-1-14(2-4-17)11-25-19(22-13-23-25)16-9-18(26)24(12-16)10-15-5-7-21-8-6-15/h1-8,13,16H,9-12H2/t16-/m1/s1. The molecule has 0 aliphatic carbocycles. The second kappa shape index (κ2) is 7.03. The van der Waals surface area contributed by atoms with E-state index < -0.39 is 0 Å². The number of halogens is 1. The van der Waals surface area contributed by atoms with Gasteiger partial charge in [0.05, 0.1) is 6.54 Å². The fraction of sp³-hybridized carbons (Fsp3) is 0.263. The van der Waals surface area contributed by atoms with Crippen LogP contribution in [0.15, 0.2) is 55.1 Å². The summed E-state index contributed by atoms with van der Waals surface area (Å²) in [4.78, 5) is 22.6. The zero-order valence-corrected chi connectivity index (χ0v) is 14.1. The SMILES string of the molecule is O=C1C[C@@H](c2ncnn2Cc2ccc(F)cc2)CN1Cc1ccncc1. The number of hydrogen-bond acceptors (Lipinski definition) is 4. The Kier molecular flexibility index (Phi) is 4.43. The Bertz CT molecular complexity index is 894. The van der Waals surface area contributed by atoms with E-state index in [1.165, 1.54) is 18.5 Å². The molecule has 0 spiro atoms. The number of carbonyl (C=O) groups is 1. The van der Waals surface area contributed by atoms with E-state index in [1.807, 2.05) is 17.0 Å². The van der Waals surface area contributed by atoms with Gasteiger partial charge in [-0.2, -0.15) is 5.10 Å². The average Bonchev–Trinajstić information content (AvgIpc) is 3.25. The molecule has 0 N–H and O–H groups in total. The quantitative estimate of drug-likeness (QED) is 0.708. The van der Waals surface area contributed by atoms with E-state index in [0.29, 0.717) is 26.1 Å². The van der Waals surface area contributed by atoms with Gasteiger partial charge in [0.15, 0.2) is 0 Å². The molecular formula is C19H18FN5O. The van der Waals surface area contributed by atoms with E-state index >= 15 is 0 Å². The van der Waals surface area contributed by atoms with Crippen LogP contribution in [0, 0.1) is 5.82 Å². The average molecular weight is 351 g/mol. The Hall–Kier alpha value is -3.09. The van der Waals surface area contributed by atoms with Gasteiger partial charge in [0.2, 0.25) is 5.91 Å². The summed E-state index contributed by atoms with van der Waals surface area (Å²) in [5.74, 6) is 0.649. The molecule has 26 heavy (non-hydrogen) atoms. The van der Waals surface area contributed by atoms with Gasteiger partial charge in [-0.15, -0.1) is 0 Å². The van der Waals surface area contributed by atoms with Crippen molar-refractivity contribution in [3.8, 4) is 0 Å². The normalized spacial score (nSPS) is 17.0. The number of amides is 1. The first kappa shape index (κ1) is 16.4. The van der Waals surface area contributed by atoms with E-state index in [0.717, 1.165) is 17.0 Å². The third-order valence-electron chi connectivity index (χ3n) is 4.59. The Morgan fingerprint density at radius 3 is 2.54 bits per heavy atom. The number of likely N-dealkylation sites (tertiary alicyclic amines) is 1. The van der Waals surface area contributed by atoms with Gasteiger partial charge in [0.25, 0.3) is 0 Å². The summed E-state index contributed by atoms with van der Waals surface area (Å²) in [5.41, 5.74) is 2.00. The molecule has 132 valence electrons. The predicted molar refractivity (Wildman–Crippen MR) is 92.5 cm³/mol. The lowest BCUT2D eigenvalue weighted by molar-refractivity contribution is -0.128. The van der Waals surface area contributed by atoms with Gasteiger partial charge in [0, 0.05) is 37.8 Å². The number of rotatable bonds is 5. The minimum atomic E-state index is -0.263. The lowest BCUT2D eigenvalue weighted by Crippen LogP contribution is -2.24. The maximum atomic E-state index is 13.1. The molecule has 0 unspecified atom stereocenters. The van der Waals surface area contributed by atoms with Crippen molar-refractivity contribution in [2.24, 2.45) is 0 Å². The van der Waals surface area contributed by atoms with Crippen LogP contribution in [0.4, 0.5) is 4.39 Å². The van der Waals surface area contributed by atoms with Gasteiger partial charge in [-0.3, -0.25) is 9.78 Å². The summed E-state index contributed by atoms with van der Waals surface area (Å²) in [6, 6.07) is 10.2. The molecule has 0 radical (unpaired) electrons. The molecule has 0 saturated carbocycles. The summed E-state index contributed by atoms with van der Waals surface area (Å²) < 4.78 is 14.9. The van der Waals surface area contributed by atoms with Crippen LogP contribution in [0.25, 0.3) is 0 Å². The van der Waals surface area contributed by atoms with Crippen LogP contribution in [0.3, 0.4) is 0 Å². The predicted octanol–water partition coefficient (Wildman–Crippen LogP) is 2.38. The van der Waals surface area contributed by atoms with Crippen LogP contribution < -0.4 is 0 Å². The highest BCUT2D eigenvalue weighted by atomic mass is 19.1. The smallest absolute Gasteiger partial charge is 0.223 e. The van der Waals surface area contributed by atoms with Crippen LogP contribution >= 0.6 is 0 Å². The first-order valence-electron chi connectivity index (χ1n) is 8.48. The lowest BCUT2D eigenvalue weighted by Gasteiger charge is -2.16. The fourth-order valence-corrected chi connectivity index (χ4v) is 3.28. The van der Waals surface area contributed by atoms with Crippen molar-refractivity contribution in [3.63, 3.8) is 0 Å². The van der Waals surface area contributed by atoms with Gasteiger partial charge in [-0.25, -0.2) is 14.1 Å². The molecule has 2 aromatic heterocycles. The first-order chi connectivity index (χ1) is 12.7. The summed E-state index contributed by atoms with van der Waals surface area (Å²) in [6.07, 6.45) is 5.39. The van der Waals surface area contributed by atoms with Crippen molar-refractivity contribution in [1.29, 1.82) is 0 Å². The highest BCUT2D eigenvalue weighted by molar-refractivity contribution is 5.79. The molecule has 1 aromatic carbocycles. The second-order valence-electron chi connectivity index (χ2n) is 6.43. The van der Waals surface area contributed by atoms with E-state index in [4.69, 9.17) is 0 Å². The van der Waals surface area contributed by atoms with Crippen LogP contribution in [0.2, 0.25) is 0 Å². The second-order valence-corrected chi connectivity index (χ2v) is 6.43. The Morgan fingerprint density at radius 1 is 1.04 bits per heavy atom. The lowest BCUT2D eigenvalue weighted by atomic mass is 10.1. The van der Waals surface area contributed by atoms with Crippen molar-refractivity contribution in [1.82, 2.24) is 24.6 Å². The van der Waals surface area contributed by atoms with Crippen molar-refractivity contribution in [3.05, 3.63) is 77.9 Å². The highest BCUT2D eigenvalue weighted by Crippen LogP contribution is 2.28. The summed E-state index contributed by atoms with van der Waals surface area (Å²) in [7, 11) is 0. The van der Waals surface area contributed by atoms with Gasteiger partial charge in [0.1, 0.15) is 18.0 Å². The maximum absolute atomic E-state index is 13.1. The van der Waals surface area contributed by atoms with Crippen molar-refractivity contribution >= 4 is 5.91 Å². The molecule has 0 bridgehead atoms. The molecule has 1 fully saturated rings. The third kappa shape index (κ3) is 3.46. The summed E-state index contributed by atoms with van der Waals surface area (Å²) in [5, 5.41) is 4.29. The molecule has 1 aliphatic rings. The topological polar surface area (TPSA) is 63.9 Å². The molecular weight excluding hydrogens is 333 g/mol. The minimum absolute atomic E-state index is 0.00675. The zero-order valence-electron chi connectivity index (χ0n) is 14.1. The number of carbonyl (C=O) groups excluding carboxylic acids is 1. The molecule has 6 nitrogen and oxygen atoms in total. The van der Waals surface area contributed by atoms with E-state index in [1.54, 1.807) is 29.2 Å². The molecule has 1 saturated heterocycles. The maximum Gasteiger partial charge on any atom is 0.223 e. The van der Waals surface area contributed by atoms with Crippen molar-refractivity contribution in [2.45, 2.75) is 25.4 Å². The Morgan fingerprint density at radius 2 is 1.77 bits per heavy atom. The fourth-order valence-electron chi connectivity index (χ4n) is 3.28. The zero-order chi connectivity index (χ0) is 17.9. The molecule has 7 heteroatoms. The Labute approximate surface area is 150 Å². The largest absolute Gasteiger partial charge is 0.338 e. The van der Waals surface area contributed by atoms with E-state index in [9.17, 15) is 9.18 Å². The van der Waals surface area contributed by atoms with Gasteiger partial charge in [-0.05, 0) is 35.4 Å². The first-order valence-corrected chi connectivity index (χ1v) is 8.48. The highest BCUT2D eigenvalue weighted by Gasteiger charge is 2.33. The van der Waals surface area contributed by atoms with Crippen LogP contribution in [-0.4, -0.2) is 37.1 Å². The van der Waals surface area contributed by atoms with E-state index in [-0.39, 0.29) is 17.6 Å². The van der Waals surface area contributed by atoms with Crippen molar-refractivity contribution in [2.75, 3.05) is 6.54 Å². The minimum Gasteiger partial charge on any atom is -0.338 e. The summed E-state index contributed by atoms with van der Waals surface area (Å²) >= 11 is 0. The van der Waals surface area contributed by atoms with Crippen LogP contribution in [0.1, 0.15) is 29.3 Å². The van der Waals surface area contributed by atoms with Gasteiger partial charge in [-0.1, -0.05) is 12.1 Å². The third-order valence-corrected chi connectivity index (χ3v) is 4.59. The van der Waals surface area contributed by atoms with Gasteiger partial charge >= 0.3 is 0 Å². The molecule has 1 atom stereocenters. The van der Waals surface area contributed by atoms with Gasteiger partial charge < -0.3 is 4.90 Å². The monoisotopic (exact) mass is 351 g/mol. The summed E-state index contributed by atoms with van der Waals surface area (Å²) in [6.45, 7) is 1.69. The number of benzene rings is 1. The number of hydrogen-bond donors (Lipinski definition) is 0. The molecule has 4 rings (SSSR count). The van der Waals surface area contributed by atoms with Crippen LogP contribution in [-0.2, 0) is 17.9 Å².